The second kappa shape index (κ2) is 7.17. The van der Waals surface area contributed by atoms with Crippen molar-refractivity contribution in [3.8, 4) is 11.8 Å². The molecule has 4 heteroatoms. The van der Waals surface area contributed by atoms with E-state index in [1.54, 1.807) is 12.2 Å². The molecule has 118 valence electrons. The molecule has 0 heterocycles. The van der Waals surface area contributed by atoms with E-state index in [0.717, 1.165) is 11.6 Å². The van der Waals surface area contributed by atoms with Gasteiger partial charge in [0.1, 0.15) is 0 Å². The summed E-state index contributed by atoms with van der Waals surface area (Å²) in [4.78, 5) is 0. The van der Waals surface area contributed by atoms with Gasteiger partial charge in [-0.15, -0.1) is 0 Å². The zero-order chi connectivity index (χ0) is 16.8. The Morgan fingerprint density at radius 3 is 2.27 bits per heavy atom. The van der Waals surface area contributed by atoms with Crippen LogP contribution in [0, 0.1) is 17.3 Å². The first-order valence-electron chi connectivity index (χ1n) is 6.99. The molecule has 22 heavy (non-hydrogen) atoms. The number of allylic oxidation sites excluding steroid dienone is 8. The van der Waals surface area contributed by atoms with Crippen LogP contribution in [0.3, 0.4) is 0 Å². The minimum atomic E-state index is -2.41. The molecule has 0 amide bonds. The maximum atomic E-state index is 9.98. The van der Waals surface area contributed by atoms with Crippen LogP contribution in [0.15, 0.2) is 59.6 Å². The maximum Gasteiger partial charge on any atom is 0.270 e. The predicted octanol–water partition coefficient (Wildman–Crippen LogP) is 2.66. The summed E-state index contributed by atoms with van der Waals surface area (Å²) >= 11 is 0. The van der Waals surface area contributed by atoms with Crippen molar-refractivity contribution in [3.63, 3.8) is 0 Å². The minimum Gasteiger partial charge on any atom is -0.501 e. The summed E-state index contributed by atoms with van der Waals surface area (Å²) in [6.45, 7) is 7.51. The molecule has 0 saturated heterocycles. The lowest BCUT2D eigenvalue weighted by Crippen LogP contribution is -2.42. The monoisotopic (exact) mass is 301 g/mol. The zero-order valence-electron chi connectivity index (χ0n) is 13.4. The van der Waals surface area contributed by atoms with Gasteiger partial charge in [0.25, 0.3) is 5.91 Å². The normalized spacial score (nSPS) is 23.6. The molecule has 0 aromatic heterocycles. The van der Waals surface area contributed by atoms with Crippen molar-refractivity contribution in [2.24, 2.45) is 5.41 Å². The van der Waals surface area contributed by atoms with Gasteiger partial charge in [-0.3, -0.25) is 0 Å². The Balaban J connectivity index is 2.95. The largest absolute Gasteiger partial charge is 0.501 e. The van der Waals surface area contributed by atoms with Crippen molar-refractivity contribution in [2.45, 2.75) is 33.6 Å². The van der Waals surface area contributed by atoms with Gasteiger partial charge in [-0.25, -0.2) is 0 Å². The molecular weight excluding hydrogens is 278 g/mol. The number of hydrogen-bond acceptors (Lipinski definition) is 4. The van der Waals surface area contributed by atoms with Crippen LogP contribution in [0.25, 0.3) is 0 Å². The van der Waals surface area contributed by atoms with Gasteiger partial charge in [0, 0.05) is 17.2 Å². The molecule has 1 rings (SSSR count). The number of nitrogens with one attached hydrogen (secondary N) is 1. The average molecular weight is 301 g/mol. The van der Waals surface area contributed by atoms with E-state index in [0.29, 0.717) is 5.70 Å². The number of rotatable bonds is 3. The topological polar surface area (TPSA) is 72.7 Å². The smallest absolute Gasteiger partial charge is 0.270 e. The lowest BCUT2D eigenvalue weighted by molar-refractivity contribution is -0.137. The first-order valence-corrected chi connectivity index (χ1v) is 6.99. The van der Waals surface area contributed by atoms with Crippen molar-refractivity contribution in [1.29, 1.82) is 0 Å². The van der Waals surface area contributed by atoms with Gasteiger partial charge >= 0.3 is 0 Å². The number of hydrogen-bond donors (Lipinski definition) is 4. The summed E-state index contributed by atoms with van der Waals surface area (Å²) in [6.07, 6.45) is 11.7. The van der Waals surface area contributed by atoms with Gasteiger partial charge in [-0.05, 0) is 45.3 Å². The standard InChI is InChI=1S/C18H23NO3/c1-14-9-7-5-6-8-10-16(14)19-18(21,22)13-15(20)11-12-17(2,3)4/h5-10,13,19-22H,1-4H3/b6-5+,7-5?,8-6?,9-7-,10-8-,14-9?,15-13-,16-10?,16-14-. The molecule has 4 nitrogen and oxygen atoms in total. The van der Waals surface area contributed by atoms with Gasteiger partial charge in [0.05, 0.1) is 0 Å². The molecule has 0 aromatic rings. The van der Waals surface area contributed by atoms with Crippen LogP contribution in [0.4, 0.5) is 0 Å². The molecule has 1 aliphatic carbocycles. The molecule has 0 aliphatic heterocycles. The van der Waals surface area contributed by atoms with E-state index in [2.05, 4.69) is 17.2 Å². The summed E-state index contributed by atoms with van der Waals surface area (Å²) < 4.78 is 0. The minimum absolute atomic E-state index is 0.290. The summed E-state index contributed by atoms with van der Waals surface area (Å²) in [5.74, 6) is 2.49. The lowest BCUT2D eigenvalue weighted by atomic mass is 9.98. The highest BCUT2D eigenvalue weighted by atomic mass is 16.5. The Labute approximate surface area is 131 Å². The highest BCUT2D eigenvalue weighted by molar-refractivity contribution is 5.37. The highest BCUT2D eigenvalue weighted by Gasteiger charge is 2.22. The average Bonchev–Trinajstić information content (AvgIpc) is 2.35. The summed E-state index contributed by atoms with van der Waals surface area (Å²) in [6, 6.07) is 0. The Hall–Kier alpha value is -2.22. The van der Waals surface area contributed by atoms with E-state index < -0.39 is 11.7 Å². The lowest BCUT2D eigenvalue weighted by Gasteiger charge is -2.22. The van der Waals surface area contributed by atoms with E-state index in [9.17, 15) is 15.3 Å². The van der Waals surface area contributed by atoms with E-state index in [4.69, 9.17) is 0 Å². The first kappa shape index (κ1) is 17.8. The van der Waals surface area contributed by atoms with E-state index in [1.165, 1.54) is 0 Å². The van der Waals surface area contributed by atoms with Crippen LogP contribution in [0.1, 0.15) is 27.7 Å². The second-order valence-electron chi connectivity index (χ2n) is 6.08. The van der Waals surface area contributed by atoms with Crippen LogP contribution < -0.4 is 5.32 Å². The van der Waals surface area contributed by atoms with Crippen LogP contribution in [0.5, 0.6) is 0 Å². The Morgan fingerprint density at radius 1 is 1.09 bits per heavy atom. The molecule has 1 aliphatic rings. The molecule has 0 aromatic carbocycles. The van der Waals surface area contributed by atoms with Crippen molar-refractivity contribution < 1.29 is 15.3 Å². The van der Waals surface area contributed by atoms with Crippen molar-refractivity contribution in [3.05, 3.63) is 59.6 Å². The fourth-order valence-corrected chi connectivity index (χ4v) is 1.55. The third kappa shape index (κ3) is 6.98. The van der Waals surface area contributed by atoms with Gasteiger partial charge in [0.15, 0.2) is 5.76 Å². The van der Waals surface area contributed by atoms with Gasteiger partial charge in [-0.1, -0.05) is 36.3 Å². The molecular formula is C18H23NO3. The molecule has 0 radical (unpaired) electrons. The fourth-order valence-electron chi connectivity index (χ4n) is 1.55. The van der Waals surface area contributed by atoms with E-state index >= 15 is 0 Å². The van der Waals surface area contributed by atoms with Crippen molar-refractivity contribution >= 4 is 0 Å². The second-order valence-corrected chi connectivity index (χ2v) is 6.08. The Kier molecular flexibility index (Phi) is 5.81. The Bertz CT molecular complexity index is 615. The van der Waals surface area contributed by atoms with Gasteiger partial charge in [0.2, 0.25) is 0 Å². The number of aliphatic hydroxyl groups excluding tert-OH is 1. The molecule has 0 saturated carbocycles. The van der Waals surface area contributed by atoms with Crippen molar-refractivity contribution in [2.75, 3.05) is 0 Å². The first-order chi connectivity index (χ1) is 10.1. The summed E-state index contributed by atoms with van der Waals surface area (Å²) in [7, 11) is 0. The summed E-state index contributed by atoms with van der Waals surface area (Å²) in [5.41, 5.74) is 1.06. The van der Waals surface area contributed by atoms with Crippen LogP contribution in [0.2, 0.25) is 0 Å². The predicted molar refractivity (Wildman–Crippen MR) is 88.4 cm³/mol. The molecule has 0 unspecified atom stereocenters. The molecule has 0 atom stereocenters. The Morgan fingerprint density at radius 2 is 1.68 bits per heavy atom. The van der Waals surface area contributed by atoms with Gasteiger partial charge < -0.3 is 20.6 Å². The SMILES string of the molecule is CC1=C(NC(O)(O)/C=C(\O)C#CC(C)(C)C)\C=C/C=C/C=C\1. The van der Waals surface area contributed by atoms with Crippen molar-refractivity contribution in [1.82, 2.24) is 5.32 Å². The van der Waals surface area contributed by atoms with Crippen LogP contribution in [-0.4, -0.2) is 21.2 Å². The molecule has 0 bridgehead atoms. The van der Waals surface area contributed by atoms with E-state index in [1.807, 2.05) is 52.0 Å². The zero-order valence-corrected chi connectivity index (χ0v) is 13.4. The highest BCUT2D eigenvalue weighted by Crippen LogP contribution is 2.13. The van der Waals surface area contributed by atoms with Crippen LogP contribution in [-0.2, 0) is 0 Å². The molecule has 0 spiro atoms. The summed E-state index contributed by atoms with van der Waals surface area (Å²) in [5, 5.41) is 32.2. The quantitative estimate of drug-likeness (QED) is 0.367. The third-order valence-corrected chi connectivity index (χ3v) is 2.59. The molecule has 4 N–H and O–H groups in total. The third-order valence-electron chi connectivity index (χ3n) is 2.59. The molecule has 0 fully saturated rings. The fraction of sp³-hybridized carbons (Fsp3) is 0.333. The maximum absolute atomic E-state index is 9.98. The van der Waals surface area contributed by atoms with Gasteiger partial charge in [-0.2, -0.15) is 0 Å². The van der Waals surface area contributed by atoms with Crippen LogP contribution >= 0.6 is 0 Å². The van der Waals surface area contributed by atoms with E-state index in [-0.39, 0.29) is 5.41 Å². The number of aliphatic hydroxyl groups is 3.